The molecule has 0 unspecified atom stereocenters. The van der Waals surface area contributed by atoms with Gasteiger partial charge in [-0.1, -0.05) is 67.8 Å². The average Bonchev–Trinajstić information content (AvgIpc) is 2.96. The molecule has 0 aliphatic rings. The lowest BCUT2D eigenvalue weighted by atomic mass is 10.0. The molecule has 0 saturated heterocycles. The summed E-state index contributed by atoms with van der Waals surface area (Å²) in [7, 11) is 0. The Balaban J connectivity index is 2.12. The molecule has 2 rings (SSSR count). The van der Waals surface area contributed by atoms with Crippen LogP contribution in [0.15, 0.2) is 49.6 Å². The van der Waals surface area contributed by atoms with Gasteiger partial charge in [-0.2, -0.15) is 0 Å². The Bertz CT molecular complexity index is 623. The zero-order valence-electron chi connectivity index (χ0n) is 14.2. The molecule has 0 fully saturated rings. The molecule has 122 valence electrons. The summed E-state index contributed by atoms with van der Waals surface area (Å²) in [5, 5.41) is 8.60. The van der Waals surface area contributed by atoms with Crippen LogP contribution in [0.1, 0.15) is 43.9 Å². The van der Waals surface area contributed by atoms with Crippen LogP contribution in [0.4, 0.5) is 0 Å². The topological polar surface area (TPSA) is 30.7 Å². The molecule has 0 aliphatic heterocycles. The smallest absolute Gasteiger partial charge is 0.116 e. The van der Waals surface area contributed by atoms with Gasteiger partial charge in [0, 0.05) is 12.0 Å². The number of benzene rings is 1. The van der Waals surface area contributed by atoms with Crippen LogP contribution in [0.2, 0.25) is 0 Å². The van der Waals surface area contributed by atoms with Gasteiger partial charge in [-0.15, -0.1) is 18.3 Å². The fourth-order valence-electron chi connectivity index (χ4n) is 2.75. The summed E-state index contributed by atoms with van der Waals surface area (Å²) in [6.45, 7) is 10.5. The van der Waals surface area contributed by atoms with Crippen molar-refractivity contribution >= 4 is 0 Å². The van der Waals surface area contributed by atoms with E-state index < -0.39 is 0 Å². The molecule has 1 aromatic heterocycles. The Hall–Kier alpha value is -2.16. The zero-order chi connectivity index (χ0) is 16.5. The number of rotatable bonds is 10. The van der Waals surface area contributed by atoms with Crippen LogP contribution in [0, 0.1) is 0 Å². The first-order valence-electron chi connectivity index (χ1n) is 8.53. The van der Waals surface area contributed by atoms with Crippen molar-refractivity contribution in [2.24, 2.45) is 0 Å². The summed E-state index contributed by atoms with van der Waals surface area (Å²) in [6.07, 6.45) is 10.8. The molecule has 0 saturated carbocycles. The third-order valence-corrected chi connectivity index (χ3v) is 4.02. The summed E-state index contributed by atoms with van der Waals surface area (Å²) < 4.78 is 1.89. The van der Waals surface area contributed by atoms with Crippen molar-refractivity contribution in [1.82, 2.24) is 15.0 Å². The molecular weight excluding hydrogens is 282 g/mol. The average molecular weight is 309 g/mol. The second-order valence-electron chi connectivity index (χ2n) is 5.86. The van der Waals surface area contributed by atoms with E-state index in [2.05, 4.69) is 54.7 Å². The highest BCUT2D eigenvalue weighted by atomic mass is 15.4. The monoisotopic (exact) mass is 309 g/mol. The van der Waals surface area contributed by atoms with Crippen molar-refractivity contribution in [3.8, 4) is 11.3 Å². The van der Waals surface area contributed by atoms with E-state index >= 15 is 0 Å². The van der Waals surface area contributed by atoms with Crippen LogP contribution in [0.3, 0.4) is 0 Å². The molecule has 0 radical (unpaired) electrons. The summed E-state index contributed by atoms with van der Waals surface area (Å²) in [6, 6.07) is 8.74. The lowest BCUT2D eigenvalue weighted by molar-refractivity contribution is 0.638. The van der Waals surface area contributed by atoms with Gasteiger partial charge in [-0.25, -0.2) is 4.68 Å². The number of aromatic nitrogens is 3. The maximum absolute atomic E-state index is 4.36. The number of nitrogens with zero attached hydrogens (tertiary/aromatic N) is 3. The van der Waals surface area contributed by atoms with E-state index in [1.54, 1.807) is 0 Å². The highest BCUT2D eigenvalue weighted by molar-refractivity contribution is 5.62. The normalized spacial score (nSPS) is 10.7. The van der Waals surface area contributed by atoms with Gasteiger partial charge >= 0.3 is 0 Å². The number of aryl methyl sites for hydroxylation is 1. The summed E-state index contributed by atoms with van der Waals surface area (Å²) in [5.74, 6) is 0. The van der Waals surface area contributed by atoms with Crippen LogP contribution in [-0.2, 0) is 19.4 Å². The van der Waals surface area contributed by atoms with Gasteiger partial charge in [0.2, 0.25) is 0 Å². The first-order valence-corrected chi connectivity index (χ1v) is 8.53. The minimum absolute atomic E-state index is 0.672. The molecule has 0 atom stereocenters. The molecule has 0 spiro atoms. The quantitative estimate of drug-likeness (QED) is 0.457. The van der Waals surface area contributed by atoms with Crippen molar-refractivity contribution in [1.29, 1.82) is 0 Å². The maximum atomic E-state index is 4.36. The van der Waals surface area contributed by atoms with Gasteiger partial charge in [0.25, 0.3) is 0 Å². The van der Waals surface area contributed by atoms with Crippen molar-refractivity contribution in [2.75, 3.05) is 0 Å². The minimum Gasteiger partial charge on any atom is -0.245 e. The van der Waals surface area contributed by atoms with E-state index in [0.717, 1.165) is 29.8 Å². The molecule has 0 N–H and O–H groups in total. The summed E-state index contributed by atoms with van der Waals surface area (Å²) in [5.41, 5.74) is 4.56. The van der Waals surface area contributed by atoms with E-state index in [-0.39, 0.29) is 0 Å². The van der Waals surface area contributed by atoms with E-state index in [0.29, 0.717) is 6.54 Å². The maximum Gasteiger partial charge on any atom is 0.116 e. The second kappa shape index (κ2) is 9.09. The zero-order valence-corrected chi connectivity index (χ0v) is 14.2. The number of allylic oxidation sites excluding steroid dienone is 2. The van der Waals surface area contributed by atoms with E-state index in [1.807, 2.05) is 16.8 Å². The van der Waals surface area contributed by atoms with Gasteiger partial charge in [0.15, 0.2) is 0 Å². The van der Waals surface area contributed by atoms with Crippen LogP contribution >= 0.6 is 0 Å². The molecule has 0 bridgehead atoms. The first kappa shape index (κ1) is 17.2. The Morgan fingerprint density at radius 1 is 1.04 bits per heavy atom. The lowest BCUT2D eigenvalue weighted by Crippen LogP contribution is -2.03. The summed E-state index contributed by atoms with van der Waals surface area (Å²) >= 11 is 0. The third kappa shape index (κ3) is 4.65. The van der Waals surface area contributed by atoms with Crippen molar-refractivity contribution < 1.29 is 0 Å². The molecule has 0 aliphatic carbocycles. The first-order chi connectivity index (χ1) is 11.3. The second-order valence-corrected chi connectivity index (χ2v) is 5.86. The van der Waals surface area contributed by atoms with Crippen LogP contribution in [0.5, 0.6) is 0 Å². The van der Waals surface area contributed by atoms with Gasteiger partial charge in [0.1, 0.15) is 5.69 Å². The van der Waals surface area contributed by atoms with Gasteiger partial charge in [-0.05, 0) is 18.4 Å². The van der Waals surface area contributed by atoms with Crippen molar-refractivity contribution in [3.05, 3.63) is 60.8 Å². The van der Waals surface area contributed by atoms with E-state index in [1.165, 1.54) is 31.2 Å². The molecule has 1 heterocycles. The Morgan fingerprint density at radius 3 is 2.48 bits per heavy atom. The van der Waals surface area contributed by atoms with Gasteiger partial charge in [-0.3, -0.25) is 0 Å². The largest absolute Gasteiger partial charge is 0.245 e. The number of hydrogen-bond donors (Lipinski definition) is 0. The number of hydrogen-bond acceptors (Lipinski definition) is 2. The third-order valence-electron chi connectivity index (χ3n) is 4.02. The van der Waals surface area contributed by atoms with E-state index in [4.69, 9.17) is 0 Å². The molecule has 3 nitrogen and oxygen atoms in total. The van der Waals surface area contributed by atoms with Crippen molar-refractivity contribution in [3.63, 3.8) is 0 Å². The number of unbranched alkanes of at least 4 members (excludes halogenated alkanes) is 3. The highest BCUT2D eigenvalue weighted by Gasteiger charge is 2.12. The Morgan fingerprint density at radius 2 is 1.83 bits per heavy atom. The fraction of sp³-hybridized carbons (Fsp3) is 0.400. The molecule has 2 aromatic rings. The minimum atomic E-state index is 0.672. The standard InChI is InChI=1S/C20H27N3/c1-4-7-8-9-11-17-12-14-18(15-13-17)20-19(10-5-2)23(16-6-3)22-21-20/h5-6,12-15H,2-4,7-11,16H2,1H3. The fourth-order valence-corrected chi connectivity index (χ4v) is 2.75. The van der Waals surface area contributed by atoms with Gasteiger partial charge in [0.05, 0.1) is 12.2 Å². The molecular formula is C20H27N3. The van der Waals surface area contributed by atoms with Crippen molar-refractivity contribution in [2.45, 2.75) is 52.0 Å². The van der Waals surface area contributed by atoms with Crippen LogP contribution < -0.4 is 0 Å². The highest BCUT2D eigenvalue weighted by Crippen LogP contribution is 2.23. The molecule has 0 amide bonds. The van der Waals surface area contributed by atoms with Crippen LogP contribution in [-0.4, -0.2) is 15.0 Å². The SMILES string of the molecule is C=CCc1c(-c2ccc(CCCCCC)cc2)nnn1CC=C. The molecule has 23 heavy (non-hydrogen) atoms. The van der Waals surface area contributed by atoms with Crippen LogP contribution in [0.25, 0.3) is 11.3 Å². The summed E-state index contributed by atoms with van der Waals surface area (Å²) in [4.78, 5) is 0. The predicted molar refractivity (Wildman–Crippen MR) is 97.4 cm³/mol. The predicted octanol–water partition coefficient (Wildman–Crippen LogP) is 4.98. The van der Waals surface area contributed by atoms with Gasteiger partial charge < -0.3 is 0 Å². The molecule has 3 heteroatoms. The Labute approximate surface area is 139 Å². The molecule has 1 aromatic carbocycles. The lowest BCUT2D eigenvalue weighted by Gasteiger charge is -2.06. The Kier molecular flexibility index (Phi) is 6.79. The van der Waals surface area contributed by atoms with E-state index in [9.17, 15) is 0 Å².